The molecule has 6 heteroatoms. The zero-order valence-corrected chi connectivity index (χ0v) is 13.3. The second kappa shape index (κ2) is 5.74. The normalized spacial score (nSPS) is 11.2. The van der Waals surface area contributed by atoms with E-state index >= 15 is 0 Å². The first-order valence-electron chi connectivity index (χ1n) is 7.08. The number of benzene rings is 1. The summed E-state index contributed by atoms with van der Waals surface area (Å²) in [5.74, 6) is -1.01. The number of imidazole rings is 1. The topological polar surface area (TPSA) is 34.4 Å². The van der Waals surface area contributed by atoms with E-state index in [-0.39, 0.29) is 17.8 Å². The van der Waals surface area contributed by atoms with Crippen molar-refractivity contribution in [2.24, 2.45) is 0 Å². The summed E-state index contributed by atoms with van der Waals surface area (Å²) in [4.78, 5) is 16.5. The molecule has 118 valence electrons. The summed E-state index contributed by atoms with van der Waals surface area (Å²) in [6.07, 6.45) is 1.82. The maximum Gasteiger partial charge on any atom is 0.164 e. The number of carbonyl (C=O) groups excluding carboxylic acids is 1. The average Bonchev–Trinajstić information content (AvgIpc) is 2.88. The van der Waals surface area contributed by atoms with Gasteiger partial charge in [0, 0.05) is 23.6 Å². The van der Waals surface area contributed by atoms with E-state index in [0.29, 0.717) is 27.6 Å². The number of pyridine rings is 1. The minimum Gasteiger partial charge on any atom is -0.294 e. The van der Waals surface area contributed by atoms with E-state index in [1.807, 2.05) is 0 Å². The molecule has 0 fully saturated rings. The highest BCUT2D eigenvalue weighted by molar-refractivity contribution is 6.34. The van der Waals surface area contributed by atoms with E-state index in [9.17, 15) is 13.6 Å². The Labute approximate surface area is 136 Å². The number of hydrogen-bond donors (Lipinski definition) is 0. The lowest BCUT2D eigenvalue weighted by atomic mass is 10.0. The van der Waals surface area contributed by atoms with Crippen LogP contribution in [-0.4, -0.2) is 15.2 Å². The Balaban J connectivity index is 2.47. The summed E-state index contributed by atoms with van der Waals surface area (Å²) in [6.45, 7) is 3.46. The SMILES string of the molecule is CCC(=O)c1cc(Cl)c2cnc(C)n2c1-c1cc(F)cc(F)c1. The van der Waals surface area contributed by atoms with Gasteiger partial charge in [0.05, 0.1) is 22.4 Å². The van der Waals surface area contributed by atoms with E-state index in [1.54, 1.807) is 24.4 Å². The monoisotopic (exact) mass is 334 g/mol. The molecule has 0 aliphatic heterocycles. The molecular weight excluding hydrogens is 322 g/mol. The first-order valence-corrected chi connectivity index (χ1v) is 7.46. The number of rotatable bonds is 3. The number of Topliss-reactive ketones (excluding diaryl/α,β-unsaturated/α-hetero) is 1. The van der Waals surface area contributed by atoms with Gasteiger partial charge in [-0.1, -0.05) is 18.5 Å². The lowest BCUT2D eigenvalue weighted by Crippen LogP contribution is -2.07. The number of aromatic nitrogens is 2. The maximum atomic E-state index is 13.7. The molecule has 0 saturated carbocycles. The van der Waals surface area contributed by atoms with Crippen LogP contribution in [0.5, 0.6) is 0 Å². The van der Waals surface area contributed by atoms with E-state index in [4.69, 9.17) is 11.6 Å². The van der Waals surface area contributed by atoms with E-state index in [0.717, 1.165) is 6.07 Å². The van der Waals surface area contributed by atoms with Crippen LogP contribution in [0, 0.1) is 18.6 Å². The zero-order valence-electron chi connectivity index (χ0n) is 12.5. The van der Waals surface area contributed by atoms with Crippen LogP contribution in [0.1, 0.15) is 29.5 Å². The van der Waals surface area contributed by atoms with Crippen molar-refractivity contribution in [2.45, 2.75) is 20.3 Å². The third kappa shape index (κ3) is 2.61. The molecule has 2 heterocycles. The molecule has 0 aliphatic carbocycles. The van der Waals surface area contributed by atoms with Gasteiger partial charge in [0.25, 0.3) is 0 Å². The van der Waals surface area contributed by atoms with Crippen LogP contribution >= 0.6 is 11.6 Å². The van der Waals surface area contributed by atoms with Gasteiger partial charge < -0.3 is 0 Å². The fraction of sp³-hybridized carbons (Fsp3) is 0.176. The molecule has 3 nitrogen and oxygen atoms in total. The Hall–Kier alpha value is -2.27. The van der Waals surface area contributed by atoms with Crippen molar-refractivity contribution >= 4 is 22.9 Å². The Morgan fingerprint density at radius 3 is 2.48 bits per heavy atom. The summed E-state index contributed by atoms with van der Waals surface area (Å²) < 4.78 is 29.0. The smallest absolute Gasteiger partial charge is 0.164 e. The van der Waals surface area contributed by atoms with Crippen LogP contribution in [0.25, 0.3) is 16.8 Å². The van der Waals surface area contributed by atoms with Gasteiger partial charge in [0.2, 0.25) is 0 Å². The second-order valence-electron chi connectivity index (χ2n) is 5.22. The van der Waals surface area contributed by atoms with Crippen molar-refractivity contribution in [2.75, 3.05) is 0 Å². The maximum absolute atomic E-state index is 13.7. The Kier molecular flexibility index (Phi) is 3.90. The van der Waals surface area contributed by atoms with Crippen LogP contribution in [0.15, 0.2) is 30.5 Å². The predicted octanol–water partition coefficient (Wildman–Crippen LogP) is 4.83. The van der Waals surface area contributed by atoms with Gasteiger partial charge in [0.1, 0.15) is 17.5 Å². The van der Waals surface area contributed by atoms with Gasteiger partial charge in [-0.25, -0.2) is 13.8 Å². The minimum absolute atomic E-state index is 0.165. The molecule has 0 radical (unpaired) electrons. The van der Waals surface area contributed by atoms with E-state index in [1.165, 1.54) is 18.2 Å². The minimum atomic E-state index is -0.712. The van der Waals surface area contributed by atoms with Crippen LogP contribution < -0.4 is 0 Å². The molecule has 2 aromatic heterocycles. The summed E-state index contributed by atoms with van der Waals surface area (Å²) in [5, 5.41) is 0.364. The molecule has 0 unspecified atom stereocenters. The van der Waals surface area contributed by atoms with Crippen molar-refractivity contribution < 1.29 is 13.6 Å². The molecule has 3 rings (SSSR count). The van der Waals surface area contributed by atoms with Gasteiger partial charge in [-0.05, 0) is 25.1 Å². The van der Waals surface area contributed by atoms with Crippen LogP contribution in [0.2, 0.25) is 5.02 Å². The van der Waals surface area contributed by atoms with Gasteiger partial charge in [0.15, 0.2) is 5.78 Å². The van der Waals surface area contributed by atoms with Crippen LogP contribution in [-0.2, 0) is 0 Å². The number of aryl methyl sites for hydroxylation is 1. The van der Waals surface area contributed by atoms with Crippen molar-refractivity contribution in [1.29, 1.82) is 0 Å². The summed E-state index contributed by atoms with van der Waals surface area (Å²) in [7, 11) is 0. The van der Waals surface area contributed by atoms with Crippen molar-refractivity contribution in [3.05, 3.63) is 58.5 Å². The summed E-state index contributed by atoms with van der Waals surface area (Å²) in [5.41, 5.74) is 1.55. The fourth-order valence-corrected chi connectivity index (χ4v) is 2.91. The van der Waals surface area contributed by atoms with Crippen molar-refractivity contribution in [3.63, 3.8) is 0 Å². The van der Waals surface area contributed by atoms with Gasteiger partial charge >= 0.3 is 0 Å². The molecule has 0 spiro atoms. The quantitative estimate of drug-likeness (QED) is 0.643. The first kappa shape index (κ1) is 15.6. The van der Waals surface area contributed by atoms with Crippen LogP contribution in [0.3, 0.4) is 0 Å². The highest BCUT2D eigenvalue weighted by Crippen LogP contribution is 2.32. The molecule has 0 amide bonds. The van der Waals surface area contributed by atoms with E-state index < -0.39 is 11.6 Å². The fourth-order valence-electron chi connectivity index (χ4n) is 2.66. The molecule has 0 aliphatic rings. The molecule has 0 atom stereocenters. The second-order valence-corrected chi connectivity index (χ2v) is 5.62. The highest BCUT2D eigenvalue weighted by Gasteiger charge is 2.20. The number of halogens is 3. The molecule has 0 bridgehead atoms. The molecule has 0 N–H and O–H groups in total. The number of carbonyl (C=O) groups is 1. The largest absolute Gasteiger partial charge is 0.294 e. The number of hydrogen-bond acceptors (Lipinski definition) is 2. The van der Waals surface area contributed by atoms with Crippen molar-refractivity contribution in [3.8, 4) is 11.3 Å². The highest BCUT2D eigenvalue weighted by atomic mass is 35.5. The molecule has 0 saturated heterocycles. The lowest BCUT2D eigenvalue weighted by Gasteiger charge is -2.14. The summed E-state index contributed by atoms with van der Waals surface area (Å²) in [6, 6.07) is 4.70. The zero-order chi connectivity index (χ0) is 16.7. The lowest BCUT2D eigenvalue weighted by molar-refractivity contribution is 0.0988. The van der Waals surface area contributed by atoms with Gasteiger partial charge in [-0.15, -0.1) is 0 Å². The Morgan fingerprint density at radius 2 is 1.87 bits per heavy atom. The first-order chi connectivity index (χ1) is 10.9. The number of fused-ring (bicyclic) bond motifs is 1. The third-order valence-electron chi connectivity index (χ3n) is 3.69. The molecule has 23 heavy (non-hydrogen) atoms. The molecule has 3 aromatic rings. The third-order valence-corrected chi connectivity index (χ3v) is 3.99. The molecule has 1 aromatic carbocycles. The van der Waals surface area contributed by atoms with Crippen LogP contribution in [0.4, 0.5) is 8.78 Å². The van der Waals surface area contributed by atoms with E-state index in [2.05, 4.69) is 4.98 Å². The predicted molar refractivity (Wildman–Crippen MR) is 84.9 cm³/mol. The van der Waals surface area contributed by atoms with Gasteiger partial charge in [-0.2, -0.15) is 0 Å². The van der Waals surface area contributed by atoms with Gasteiger partial charge in [-0.3, -0.25) is 9.20 Å². The van der Waals surface area contributed by atoms with Crippen molar-refractivity contribution in [1.82, 2.24) is 9.38 Å². The number of ketones is 1. The molecular formula is C17H13ClF2N2O. The number of nitrogens with zero attached hydrogens (tertiary/aromatic N) is 2. The Morgan fingerprint density at radius 1 is 1.22 bits per heavy atom. The summed E-state index contributed by atoms with van der Waals surface area (Å²) >= 11 is 6.24. The standard InChI is InChI=1S/C17H13ClF2N2O/c1-3-16(23)13-7-14(18)15-8-21-9(2)22(15)17(13)10-4-11(19)6-12(20)5-10/h4-8H,3H2,1-2H3. The Bertz CT molecular complexity index is 914. The average molecular weight is 335 g/mol.